The van der Waals surface area contributed by atoms with Gasteiger partial charge in [0.15, 0.2) is 5.79 Å². The first-order valence-electron chi connectivity index (χ1n) is 6.23. The number of nitrogens with two attached hydrogens (primary N) is 1. The second kappa shape index (κ2) is 4.26. The van der Waals surface area contributed by atoms with Gasteiger partial charge < -0.3 is 20.3 Å². The van der Waals surface area contributed by atoms with Crippen molar-refractivity contribution in [3.8, 4) is 0 Å². The first-order chi connectivity index (χ1) is 7.48. The third-order valence-corrected chi connectivity index (χ3v) is 4.03. The molecule has 0 aromatic rings. The lowest BCUT2D eigenvalue weighted by Gasteiger charge is -2.44. The van der Waals surface area contributed by atoms with Crippen molar-refractivity contribution in [1.29, 1.82) is 0 Å². The maximum atomic E-state index is 10.5. The van der Waals surface area contributed by atoms with Crippen molar-refractivity contribution >= 4 is 0 Å². The van der Waals surface area contributed by atoms with Crippen molar-refractivity contribution in [2.45, 2.75) is 57.0 Å². The quantitative estimate of drug-likeness (QED) is 0.742. The molecule has 1 saturated carbocycles. The topological polar surface area (TPSA) is 64.7 Å². The first kappa shape index (κ1) is 12.3. The van der Waals surface area contributed by atoms with Gasteiger partial charge in [0.25, 0.3) is 0 Å². The summed E-state index contributed by atoms with van der Waals surface area (Å²) in [7, 11) is 0. The van der Waals surface area contributed by atoms with Crippen LogP contribution in [0.2, 0.25) is 0 Å². The Bertz CT molecular complexity index is 239. The van der Waals surface area contributed by atoms with Crippen LogP contribution in [-0.4, -0.2) is 35.8 Å². The van der Waals surface area contributed by atoms with Crippen LogP contribution in [0.5, 0.6) is 0 Å². The van der Waals surface area contributed by atoms with Crippen LogP contribution < -0.4 is 5.73 Å². The van der Waals surface area contributed by atoms with Crippen LogP contribution in [0.4, 0.5) is 0 Å². The average Bonchev–Trinajstić information content (AvgIpc) is 2.71. The zero-order chi connectivity index (χ0) is 11.8. The summed E-state index contributed by atoms with van der Waals surface area (Å²) in [5, 5.41) is 10.5. The van der Waals surface area contributed by atoms with Gasteiger partial charge in [0, 0.05) is 18.9 Å². The molecule has 16 heavy (non-hydrogen) atoms. The molecule has 4 heteroatoms. The van der Waals surface area contributed by atoms with Gasteiger partial charge in [0.1, 0.15) is 0 Å². The van der Waals surface area contributed by atoms with Crippen LogP contribution in [0, 0.1) is 5.92 Å². The fraction of sp³-hybridized carbons (Fsp3) is 1.00. The minimum Gasteiger partial charge on any atom is -0.388 e. The number of rotatable bonds is 2. The van der Waals surface area contributed by atoms with E-state index in [1.54, 1.807) is 0 Å². The van der Waals surface area contributed by atoms with Crippen molar-refractivity contribution in [1.82, 2.24) is 0 Å². The Kier molecular flexibility index (Phi) is 3.27. The molecule has 0 radical (unpaired) electrons. The molecule has 0 aromatic heterocycles. The van der Waals surface area contributed by atoms with Crippen molar-refractivity contribution in [3.05, 3.63) is 0 Å². The summed E-state index contributed by atoms with van der Waals surface area (Å²) in [4.78, 5) is 0. The van der Waals surface area contributed by atoms with Gasteiger partial charge in [-0.25, -0.2) is 0 Å². The molecule has 1 unspecified atom stereocenters. The van der Waals surface area contributed by atoms with Crippen LogP contribution in [-0.2, 0) is 9.47 Å². The summed E-state index contributed by atoms with van der Waals surface area (Å²) in [6.07, 6.45) is 2.85. The summed E-state index contributed by atoms with van der Waals surface area (Å²) in [6, 6.07) is -0.161. The van der Waals surface area contributed by atoms with E-state index in [2.05, 4.69) is 13.8 Å². The predicted octanol–water partition coefficient (Wildman–Crippen LogP) is 1.02. The molecule has 0 bridgehead atoms. The molecule has 0 aromatic carbocycles. The highest BCUT2D eigenvalue weighted by Crippen LogP contribution is 2.42. The van der Waals surface area contributed by atoms with Crippen LogP contribution in [0.15, 0.2) is 0 Å². The van der Waals surface area contributed by atoms with Gasteiger partial charge >= 0.3 is 0 Å². The van der Waals surface area contributed by atoms with E-state index in [-0.39, 0.29) is 6.04 Å². The molecule has 4 nitrogen and oxygen atoms in total. The van der Waals surface area contributed by atoms with Crippen LogP contribution in [0.25, 0.3) is 0 Å². The standard InChI is InChI=1S/C12H23NO3/c1-9(2)10(13)11(14)3-5-12(6-4-11)15-7-8-16-12/h9-10,14H,3-8,13H2,1-2H3. The number of hydrogen-bond donors (Lipinski definition) is 2. The largest absolute Gasteiger partial charge is 0.388 e. The predicted molar refractivity (Wildman–Crippen MR) is 60.9 cm³/mol. The monoisotopic (exact) mass is 229 g/mol. The van der Waals surface area contributed by atoms with E-state index in [0.29, 0.717) is 32.0 Å². The second-order valence-corrected chi connectivity index (χ2v) is 5.48. The summed E-state index contributed by atoms with van der Waals surface area (Å²) in [5.41, 5.74) is 5.34. The van der Waals surface area contributed by atoms with E-state index in [1.165, 1.54) is 0 Å². The molecular weight excluding hydrogens is 206 g/mol. The van der Waals surface area contributed by atoms with Gasteiger partial charge in [-0.1, -0.05) is 13.8 Å². The Morgan fingerprint density at radius 2 is 1.56 bits per heavy atom. The molecule has 1 spiro atoms. The summed E-state index contributed by atoms with van der Waals surface area (Å²) >= 11 is 0. The Hall–Kier alpha value is -0.160. The van der Waals surface area contributed by atoms with Gasteiger partial charge in [-0.15, -0.1) is 0 Å². The fourth-order valence-corrected chi connectivity index (χ4v) is 2.80. The fourth-order valence-electron chi connectivity index (χ4n) is 2.80. The van der Waals surface area contributed by atoms with E-state index in [9.17, 15) is 5.11 Å². The SMILES string of the molecule is CC(C)C(N)C1(O)CCC2(CC1)OCCO2. The van der Waals surface area contributed by atoms with Crippen molar-refractivity contribution in [2.75, 3.05) is 13.2 Å². The zero-order valence-electron chi connectivity index (χ0n) is 10.2. The van der Waals surface area contributed by atoms with Crippen LogP contribution in [0.1, 0.15) is 39.5 Å². The lowest BCUT2D eigenvalue weighted by molar-refractivity contribution is -0.206. The molecule has 3 N–H and O–H groups in total. The number of ether oxygens (including phenoxy) is 2. The molecule has 2 rings (SSSR count). The second-order valence-electron chi connectivity index (χ2n) is 5.48. The molecule has 1 saturated heterocycles. The van der Waals surface area contributed by atoms with E-state index >= 15 is 0 Å². The number of hydrogen-bond acceptors (Lipinski definition) is 4. The summed E-state index contributed by atoms with van der Waals surface area (Å²) in [6.45, 7) is 5.45. The molecule has 2 fully saturated rings. The van der Waals surface area contributed by atoms with Crippen molar-refractivity contribution in [3.63, 3.8) is 0 Å². The average molecular weight is 229 g/mol. The van der Waals surface area contributed by atoms with Gasteiger partial charge in [-0.3, -0.25) is 0 Å². The highest BCUT2D eigenvalue weighted by Gasteiger charge is 2.48. The maximum absolute atomic E-state index is 10.5. The van der Waals surface area contributed by atoms with Crippen molar-refractivity contribution < 1.29 is 14.6 Å². The van der Waals surface area contributed by atoms with E-state index in [1.807, 2.05) is 0 Å². The minimum atomic E-state index is -0.741. The van der Waals surface area contributed by atoms with Crippen LogP contribution >= 0.6 is 0 Å². The highest BCUT2D eigenvalue weighted by molar-refractivity contribution is 4.98. The third-order valence-electron chi connectivity index (χ3n) is 4.03. The van der Waals surface area contributed by atoms with Crippen molar-refractivity contribution in [2.24, 2.45) is 11.7 Å². The molecule has 2 aliphatic rings. The summed E-state index contributed by atoms with van der Waals surface area (Å²) in [5.74, 6) is -0.118. The first-order valence-corrected chi connectivity index (χ1v) is 6.23. The lowest BCUT2D eigenvalue weighted by Crippen LogP contribution is -2.55. The molecule has 0 amide bonds. The molecule has 1 heterocycles. The molecule has 94 valence electrons. The Balaban J connectivity index is 1.97. The number of aliphatic hydroxyl groups is 1. The van der Waals surface area contributed by atoms with E-state index < -0.39 is 11.4 Å². The van der Waals surface area contributed by atoms with Gasteiger partial charge in [-0.2, -0.15) is 0 Å². The summed E-state index contributed by atoms with van der Waals surface area (Å²) < 4.78 is 11.3. The molecule has 1 atom stereocenters. The third kappa shape index (κ3) is 2.12. The van der Waals surface area contributed by atoms with E-state index in [0.717, 1.165) is 12.8 Å². The normalized spacial score (nSPS) is 29.8. The molecular formula is C12H23NO3. The molecule has 1 aliphatic heterocycles. The molecule has 1 aliphatic carbocycles. The Morgan fingerprint density at radius 1 is 1.06 bits per heavy atom. The minimum absolute atomic E-state index is 0.161. The lowest BCUT2D eigenvalue weighted by atomic mass is 9.74. The highest BCUT2D eigenvalue weighted by atomic mass is 16.7. The Labute approximate surface area is 97.1 Å². The van der Waals surface area contributed by atoms with Gasteiger partial charge in [0.05, 0.1) is 18.8 Å². The van der Waals surface area contributed by atoms with Gasteiger partial charge in [0.2, 0.25) is 0 Å². The van der Waals surface area contributed by atoms with E-state index in [4.69, 9.17) is 15.2 Å². The Morgan fingerprint density at radius 3 is 2.00 bits per heavy atom. The maximum Gasteiger partial charge on any atom is 0.168 e. The van der Waals surface area contributed by atoms with Crippen LogP contribution in [0.3, 0.4) is 0 Å². The smallest absolute Gasteiger partial charge is 0.168 e. The zero-order valence-corrected chi connectivity index (χ0v) is 10.2. The van der Waals surface area contributed by atoms with Gasteiger partial charge in [-0.05, 0) is 18.8 Å².